The molecule has 0 saturated heterocycles. The molecule has 72 valence electrons. The average Bonchev–Trinajstić information content (AvgIpc) is 2.52. The van der Waals surface area contributed by atoms with Gasteiger partial charge in [-0.2, -0.15) is 0 Å². The second-order valence-electron chi connectivity index (χ2n) is 3.27. The highest BCUT2D eigenvalue weighted by Gasteiger charge is 2.08. The van der Waals surface area contributed by atoms with E-state index in [1.54, 1.807) is 17.1 Å². The Morgan fingerprint density at radius 2 is 2.31 bits per heavy atom. The number of carbonyl (C=O) groups is 1. The Labute approximate surface area is 78.8 Å². The van der Waals surface area contributed by atoms with E-state index in [1.165, 1.54) is 0 Å². The van der Waals surface area contributed by atoms with Crippen LogP contribution in [0.5, 0.6) is 0 Å². The van der Waals surface area contributed by atoms with Crippen molar-refractivity contribution in [1.29, 1.82) is 0 Å². The van der Waals surface area contributed by atoms with E-state index in [0.717, 1.165) is 25.0 Å². The van der Waals surface area contributed by atoms with Gasteiger partial charge in [-0.15, -0.1) is 0 Å². The molecule has 3 nitrogen and oxygen atoms in total. The Morgan fingerprint density at radius 3 is 2.85 bits per heavy atom. The molecule has 0 unspecified atom stereocenters. The predicted molar refractivity (Wildman–Crippen MR) is 51.7 cm³/mol. The number of hydrogen-bond donors (Lipinski definition) is 0. The zero-order valence-corrected chi connectivity index (χ0v) is 8.29. The number of unbranched alkanes of at least 4 members (excludes halogenated alkanes) is 2. The fourth-order valence-electron chi connectivity index (χ4n) is 1.29. The van der Waals surface area contributed by atoms with Gasteiger partial charge in [-0.1, -0.05) is 19.8 Å². The highest BCUT2D eigenvalue weighted by Crippen LogP contribution is 2.06. The van der Waals surface area contributed by atoms with Crippen molar-refractivity contribution in [2.24, 2.45) is 7.05 Å². The van der Waals surface area contributed by atoms with Crippen LogP contribution in [-0.4, -0.2) is 15.3 Å². The molecular formula is C10H16N2O. The van der Waals surface area contributed by atoms with Crippen LogP contribution in [-0.2, 0) is 7.05 Å². The van der Waals surface area contributed by atoms with Gasteiger partial charge in [-0.05, 0) is 6.42 Å². The molecule has 13 heavy (non-hydrogen) atoms. The van der Waals surface area contributed by atoms with Gasteiger partial charge in [0.25, 0.3) is 0 Å². The summed E-state index contributed by atoms with van der Waals surface area (Å²) in [6, 6.07) is 0. The predicted octanol–water partition coefficient (Wildman–Crippen LogP) is 2.18. The molecule has 0 saturated carbocycles. The highest BCUT2D eigenvalue weighted by atomic mass is 16.1. The van der Waals surface area contributed by atoms with E-state index in [-0.39, 0.29) is 5.78 Å². The van der Waals surface area contributed by atoms with E-state index < -0.39 is 0 Å². The van der Waals surface area contributed by atoms with Crippen LogP contribution in [0.1, 0.15) is 43.1 Å². The quantitative estimate of drug-likeness (QED) is 0.514. The zero-order valence-electron chi connectivity index (χ0n) is 8.29. The molecule has 0 aliphatic heterocycles. The first kappa shape index (κ1) is 9.96. The van der Waals surface area contributed by atoms with Crippen LogP contribution in [0.25, 0.3) is 0 Å². The molecule has 0 N–H and O–H groups in total. The standard InChI is InChI=1S/C10H16N2O/c1-3-4-5-6-10(13)9-7-11-8-12(9)2/h7-8H,3-6H2,1-2H3. The van der Waals surface area contributed by atoms with Gasteiger partial charge in [0, 0.05) is 13.5 Å². The van der Waals surface area contributed by atoms with E-state index in [2.05, 4.69) is 11.9 Å². The molecule has 1 rings (SSSR count). The summed E-state index contributed by atoms with van der Waals surface area (Å²) in [5.74, 6) is 0.202. The number of nitrogens with zero attached hydrogens (tertiary/aromatic N) is 2. The number of Topliss-reactive ketones (excluding diaryl/α,β-unsaturated/α-hetero) is 1. The number of ketones is 1. The van der Waals surface area contributed by atoms with Gasteiger partial charge < -0.3 is 4.57 Å². The summed E-state index contributed by atoms with van der Waals surface area (Å²) in [5, 5.41) is 0. The van der Waals surface area contributed by atoms with Gasteiger partial charge in [0.05, 0.1) is 12.5 Å². The van der Waals surface area contributed by atoms with Crippen molar-refractivity contribution in [2.75, 3.05) is 0 Å². The molecule has 3 heteroatoms. The van der Waals surface area contributed by atoms with Gasteiger partial charge in [0.2, 0.25) is 0 Å². The molecule has 0 aliphatic rings. The number of aryl methyl sites for hydroxylation is 1. The lowest BCUT2D eigenvalue weighted by molar-refractivity contribution is 0.0971. The Morgan fingerprint density at radius 1 is 1.54 bits per heavy atom. The largest absolute Gasteiger partial charge is 0.331 e. The van der Waals surface area contributed by atoms with Crippen molar-refractivity contribution < 1.29 is 4.79 Å². The number of carbonyl (C=O) groups excluding carboxylic acids is 1. The monoisotopic (exact) mass is 180 g/mol. The number of imidazole rings is 1. The number of hydrogen-bond acceptors (Lipinski definition) is 2. The van der Waals surface area contributed by atoms with Crippen molar-refractivity contribution in [2.45, 2.75) is 32.6 Å². The Bertz CT molecular complexity index is 278. The maximum Gasteiger partial charge on any atom is 0.180 e. The molecule has 0 radical (unpaired) electrons. The Balaban J connectivity index is 2.45. The lowest BCUT2D eigenvalue weighted by Crippen LogP contribution is -2.04. The molecule has 0 spiro atoms. The topological polar surface area (TPSA) is 34.9 Å². The minimum atomic E-state index is 0.202. The van der Waals surface area contributed by atoms with Crippen LogP contribution in [0, 0.1) is 0 Å². The minimum Gasteiger partial charge on any atom is -0.331 e. The second kappa shape index (κ2) is 4.80. The summed E-state index contributed by atoms with van der Waals surface area (Å²) in [5.41, 5.74) is 0.719. The summed E-state index contributed by atoms with van der Waals surface area (Å²) >= 11 is 0. The van der Waals surface area contributed by atoms with Crippen molar-refractivity contribution in [3.05, 3.63) is 18.2 Å². The third-order valence-electron chi connectivity index (χ3n) is 2.11. The van der Waals surface area contributed by atoms with E-state index in [4.69, 9.17) is 0 Å². The minimum absolute atomic E-state index is 0.202. The first-order chi connectivity index (χ1) is 6.25. The highest BCUT2D eigenvalue weighted by molar-refractivity contribution is 5.94. The van der Waals surface area contributed by atoms with E-state index in [9.17, 15) is 4.79 Å². The maximum absolute atomic E-state index is 11.5. The summed E-state index contributed by atoms with van der Waals surface area (Å²) in [6.45, 7) is 2.13. The van der Waals surface area contributed by atoms with Crippen LogP contribution < -0.4 is 0 Å². The molecule has 0 atom stereocenters. The first-order valence-electron chi connectivity index (χ1n) is 4.75. The third-order valence-corrected chi connectivity index (χ3v) is 2.11. The Hall–Kier alpha value is -1.12. The van der Waals surface area contributed by atoms with Gasteiger partial charge in [-0.25, -0.2) is 4.98 Å². The maximum atomic E-state index is 11.5. The van der Waals surface area contributed by atoms with Gasteiger partial charge >= 0.3 is 0 Å². The van der Waals surface area contributed by atoms with Crippen molar-refractivity contribution in [3.8, 4) is 0 Å². The molecular weight excluding hydrogens is 164 g/mol. The molecule has 1 aromatic rings. The summed E-state index contributed by atoms with van der Waals surface area (Å²) in [6.07, 6.45) is 7.21. The van der Waals surface area contributed by atoms with E-state index in [0.29, 0.717) is 6.42 Å². The molecule has 0 aromatic carbocycles. The van der Waals surface area contributed by atoms with Gasteiger partial charge in [0.1, 0.15) is 5.69 Å². The lowest BCUT2D eigenvalue weighted by Gasteiger charge is -2.00. The average molecular weight is 180 g/mol. The molecule has 1 heterocycles. The zero-order chi connectivity index (χ0) is 9.68. The van der Waals surface area contributed by atoms with Crippen molar-refractivity contribution >= 4 is 5.78 Å². The van der Waals surface area contributed by atoms with Crippen LogP contribution in [0.3, 0.4) is 0 Å². The third kappa shape index (κ3) is 2.68. The Kier molecular flexibility index (Phi) is 3.68. The number of aromatic nitrogens is 2. The fourth-order valence-corrected chi connectivity index (χ4v) is 1.29. The number of rotatable bonds is 5. The molecule has 0 amide bonds. The molecule has 0 bridgehead atoms. The fraction of sp³-hybridized carbons (Fsp3) is 0.600. The summed E-state index contributed by atoms with van der Waals surface area (Å²) in [4.78, 5) is 15.5. The SMILES string of the molecule is CCCCCC(=O)c1cncn1C. The van der Waals surface area contributed by atoms with E-state index in [1.807, 2.05) is 7.05 Å². The van der Waals surface area contributed by atoms with Crippen molar-refractivity contribution in [3.63, 3.8) is 0 Å². The first-order valence-corrected chi connectivity index (χ1v) is 4.75. The normalized spacial score (nSPS) is 10.3. The van der Waals surface area contributed by atoms with Crippen LogP contribution in [0.4, 0.5) is 0 Å². The molecule has 0 aliphatic carbocycles. The van der Waals surface area contributed by atoms with Crippen molar-refractivity contribution in [1.82, 2.24) is 9.55 Å². The second-order valence-corrected chi connectivity index (χ2v) is 3.27. The van der Waals surface area contributed by atoms with Gasteiger partial charge in [0.15, 0.2) is 5.78 Å². The summed E-state index contributed by atoms with van der Waals surface area (Å²) < 4.78 is 1.77. The smallest absolute Gasteiger partial charge is 0.180 e. The van der Waals surface area contributed by atoms with Crippen LogP contribution in [0.15, 0.2) is 12.5 Å². The summed E-state index contributed by atoms with van der Waals surface area (Å²) in [7, 11) is 1.85. The molecule has 0 fully saturated rings. The lowest BCUT2D eigenvalue weighted by atomic mass is 10.1. The van der Waals surface area contributed by atoms with E-state index >= 15 is 0 Å². The van der Waals surface area contributed by atoms with Crippen LogP contribution in [0.2, 0.25) is 0 Å². The van der Waals surface area contributed by atoms with Gasteiger partial charge in [-0.3, -0.25) is 4.79 Å². The molecule has 1 aromatic heterocycles. The van der Waals surface area contributed by atoms with Crippen LogP contribution >= 0.6 is 0 Å².